The molecule has 28 heavy (non-hydrogen) atoms. The van der Waals surface area contributed by atoms with Gasteiger partial charge in [-0.15, -0.1) is 0 Å². The lowest BCUT2D eigenvalue weighted by Gasteiger charge is -2.12. The predicted octanol–water partition coefficient (Wildman–Crippen LogP) is 2.60. The van der Waals surface area contributed by atoms with Gasteiger partial charge in [0, 0.05) is 50.7 Å². The quantitative estimate of drug-likeness (QED) is 0.730. The van der Waals surface area contributed by atoms with Crippen molar-refractivity contribution in [3.8, 4) is 29.1 Å². The van der Waals surface area contributed by atoms with Crippen molar-refractivity contribution < 1.29 is 4.74 Å². The van der Waals surface area contributed by atoms with Crippen molar-refractivity contribution in [2.75, 3.05) is 18.0 Å². The average molecular weight is 375 g/mol. The minimum absolute atomic E-state index is 0.380. The first-order valence-corrected chi connectivity index (χ1v) is 9.20. The maximum absolute atomic E-state index is 9.29. The third kappa shape index (κ3) is 3.52. The third-order valence-corrected chi connectivity index (χ3v) is 4.76. The Hall–Kier alpha value is -3.44. The van der Waals surface area contributed by atoms with Crippen LogP contribution >= 0.6 is 0 Å². The van der Waals surface area contributed by atoms with E-state index in [1.54, 1.807) is 35.3 Å². The van der Waals surface area contributed by atoms with Crippen molar-refractivity contribution in [1.29, 1.82) is 5.26 Å². The Labute approximate surface area is 163 Å². The van der Waals surface area contributed by atoms with Crippen molar-refractivity contribution in [2.45, 2.75) is 19.4 Å². The highest BCUT2D eigenvalue weighted by Gasteiger charge is 2.19. The molecule has 1 saturated heterocycles. The smallest absolute Gasteiger partial charge is 0.219 e. The number of aryl methyl sites for hydroxylation is 1. The van der Waals surface area contributed by atoms with E-state index >= 15 is 0 Å². The summed E-state index contributed by atoms with van der Waals surface area (Å²) in [5.41, 5.74) is 7.67. The number of benzene rings is 1. The fourth-order valence-electron chi connectivity index (χ4n) is 3.20. The van der Waals surface area contributed by atoms with E-state index in [9.17, 15) is 5.26 Å². The normalized spacial score (nSPS) is 13.5. The Kier molecular flexibility index (Phi) is 4.91. The molecule has 4 rings (SSSR count). The fourth-order valence-corrected chi connectivity index (χ4v) is 3.20. The lowest BCUT2D eigenvalue weighted by molar-refractivity contribution is 0.432. The van der Waals surface area contributed by atoms with Crippen LogP contribution in [-0.4, -0.2) is 32.8 Å². The van der Waals surface area contributed by atoms with Crippen LogP contribution in [0.25, 0.3) is 11.4 Å². The molecule has 0 saturated carbocycles. The van der Waals surface area contributed by atoms with E-state index in [1.807, 2.05) is 13.1 Å². The van der Waals surface area contributed by atoms with Crippen LogP contribution in [0.4, 0.5) is 5.82 Å². The maximum Gasteiger partial charge on any atom is 0.219 e. The highest BCUT2D eigenvalue weighted by molar-refractivity contribution is 5.66. The van der Waals surface area contributed by atoms with Gasteiger partial charge in [-0.1, -0.05) is 0 Å². The molecule has 3 heterocycles. The summed E-state index contributed by atoms with van der Waals surface area (Å²) in [7, 11) is 1.84. The molecule has 142 valence electrons. The molecule has 0 bridgehead atoms. The van der Waals surface area contributed by atoms with Gasteiger partial charge in [-0.2, -0.15) is 10.4 Å². The summed E-state index contributed by atoms with van der Waals surface area (Å²) in [6.45, 7) is 2.39. The maximum atomic E-state index is 9.29. The minimum Gasteiger partial charge on any atom is -0.438 e. The average Bonchev–Trinajstić information content (AvgIpc) is 3.38. The van der Waals surface area contributed by atoms with Crippen molar-refractivity contribution in [3.63, 3.8) is 0 Å². The van der Waals surface area contributed by atoms with Gasteiger partial charge in [0.2, 0.25) is 5.88 Å². The van der Waals surface area contributed by atoms with E-state index in [2.05, 4.69) is 26.0 Å². The Morgan fingerprint density at radius 3 is 2.61 bits per heavy atom. The monoisotopic (exact) mass is 375 g/mol. The lowest BCUT2D eigenvalue weighted by Crippen LogP contribution is -2.18. The number of hydrogen-bond acceptors (Lipinski definition) is 7. The number of nitrogens with two attached hydrogens (primary N) is 1. The standard InChI is InChI=1S/C20H21N7O/c1-26-19(9-18(25-26)27-6-2-3-7-27)28-17-8-14(10-21)4-5-16(17)20-23-12-15(11-22)13-24-20/h4-5,8-9,12-13H,2-3,6-7,11,22H2,1H3. The van der Waals surface area contributed by atoms with E-state index in [1.165, 1.54) is 12.8 Å². The first kappa shape index (κ1) is 17.9. The van der Waals surface area contributed by atoms with Crippen LogP contribution < -0.4 is 15.4 Å². The molecule has 0 unspecified atom stereocenters. The summed E-state index contributed by atoms with van der Waals surface area (Å²) in [5.74, 6) is 2.52. The molecule has 1 fully saturated rings. The lowest BCUT2D eigenvalue weighted by atomic mass is 10.1. The molecule has 8 nitrogen and oxygen atoms in total. The van der Waals surface area contributed by atoms with Crippen molar-refractivity contribution >= 4 is 5.82 Å². The molecular formula is C20H21N7O. The van der Waals surface area contributed by atoms with Gasteiger partial charge >= 0.3 is 0 Å². The number of nitrogens with zero attached hydrogens (tertiary/aromatic N) is 6. The van der Waals surface area contributed by atoms with Gasteiger partial charge in [-0.3, -0.25) is 0 Å². The zero-order valence-electron chi connectivity index (χ0n) is 15.7. The minimum atomic E-state index is 0.380. The van der Waals surface area contributed by atoms with Gasteiger partial charge < -0.3 is 15.4 Å². The third-order valence-electron chi connectivity index (χ3n) is 4.76. The Balaban J connectivity index is 1.69. The van der Waals surface area contributed by atoms with Gasteiger partial charge in [0.25, 0.3) is 0 Å². The van der Waals surface area contributed by atoms with Gasteiger partial charge in [0.1, 0.15) is 5.75 Å². The first-order valence-electron chi connectivity index (χ1n) is 9.20. The SMILES string of the molecule is Cn1nc(N2CCCC2)cc1Oc1cc(C#N)ccc1-c1ncc(CN)cn1. The first-order chi connectivity index (χ1) is 13.7. The van der Waals surface area contributed by atoms with Crippen LogP contribution in [-0.2, 0) is 13.6 Å². The van der Waals surface area contributed by atoms with Gasteiger partial charge in [0.05, 0.1) is 17.2 Å². The summed E-state index contributed by atoms with van der Waals surface area (Å²) in [4.78, 5) is 11.0. The molecule has 0 atom stereocenters. The summed E-state index contributed by atoms with van der Waals surface area (Å²) in [6.07, 6.45) is 5.74. The molecule has 0 spiro atoms. The Morgan fingerprint density at radius 2 is 1.93 bits per heavy atom. The van der Waals surface area contributed by atoms with Crippen LogP contribution in [0.15, 0.2) is 36.7 Å². The highest BCUT2D eigenvalue weighted by Crippen LogP contribution is 2.34. The molecule has 3 aromatic rings. The van der Waals surface area contributed by atoms with Crippen LogP contribution in [0.1, 0.15) is 24.0 Å². The van der Waals surface area contributed by atoms with E-state index in [4.69, 9.17) is 10.5 Å². The molecule has 0 amide bonds. The van der Waals surface area contributed by atoms with E-state index in [0.29, 0.717) is 35.1 Å². The summed E-state index contributed by atoms with van der Waals surface area (Å²) in [6, 6.07) is 9.28. The van der Waals surface area contributed by atoms with Crippen molar-refractivity contribution in [2.24, 2.45) is 12.8 Å². The summed E-state index contributed by atoms with van der Waals surface area (Å²) >= 11 is 0. The molecular weight excluding hydrogens is 354 g/mol. The number of rotatable bonds is 5. The highest BCUT2D eigenvalue weighted by atomic mass is 16.5. The number of hydrogen-bond donors (Lipinski definition) is 1. The molecule has 1 aliphatic heterocycles. The van der Waals surface area contributed by atoms with Crippen LogP contribution in [0.2, 0.25) is 0 Å². The number of aromatic nitrogens is 4. The molecule has 2 N–H and O–H groups in total. The summed E-state index contributed by atoms with van der Waals surface area (Å²) in [5, 5.41) is 13.8. The second-order valence-electron chi connectivity index (χ2n) is 6.70. The van der Waals surface area contributed by atoms with E-state index < -0.39 is 0 Å². The zero-order valence-corrected chi connectivity index (χ0v) is 15.7. The topological polar surface area (TPSA) is 106 Å². The molecule has 2 aromatic heterocycles. The molecule has 1 aliphatic rings. The number of anilines is 1. The fraction of sp³-hybridized carbons (Fsp3) is 0.300. The second-order valence-corrected chi connectivity index (χ2v) is 6.70. The van der Waals surface area contributed by atoms with Crippen LogP contribution in [0, 0.1) is 11.3 Å². The van der Waals surface area contributed by atoms with Crippen LogP contribution in [0.3, 0.4) is 0 Å². The Morgan fingerprint density at radius 1 is 1.18 bits per heavy atom. The summed E-state index contributed by atoms with van der Waals surface area (Å²) < 4.78 is 7.86. The van der Waals surface area contributed by atoms with Crippen molar-refractivity contribution in [1.82, 2.24) is 19.7 Å². The number of nitriles is 1. The molecule has 0 radical (unpaired) electrons. The Bertz CT molecular complexity index is 1010. The molecule has 0 aliphatic carbocycles. The van der Waals surface area contributed by atoms with E-state index in [0.717, 1.165) is 24.5 Å². The van der Waals surface area contributed by atoms with Gasteiger partial charge in [-0.05, 0) is 31.0 Å². The van der Waals surface area contributed by atoms with Gasteiger partial charge in [0.15, 0.2) is 11.6 Å². The second kappa shape index (κ2) is 7.66. The molecule has 1 aromatic carbocycles. The predicted molar refractivity (Wildman–Crippen MR) is 105 cm³/mol. The zero-order chi connectivity index (χ0) is 19.5. The number of ether oxygens (including phenoxy) is 1. The van der Waals surface area contributed by atoms with E-state index in [-0.39, 0.29) is 0 Å². The molecule has 8 heteroatoms. The van der Waals surface area contributed by atoms with Crippen LogP contribution in [0.5, 0.6) is 11.6 Å². The largest absolute Gasteiger partial charge is 0.438 e. The van der Waals surface area contributed by atoms with Crippen molar-refractivity contribution in [3.05, 3.63) is 47.8 Å². The van der Waals surface area contributed by atoms with Gasteiger partial charge in [-0.25, -0.2) is 14.6 Å².